The molecule has 3 atom stereocenters. The summed E-state index contributed by atoms with van der Waals surface area (Å²) in [4.78, 5) is 28.8. The highest BCUT2D eigenvalue weighted by Gasteiger charge is 2.37. The van der Waals surface area contributed by atoms with Gasteiger partial charge in [0.15, 0.2) is 0 Å². The number of carbonyl (C=O) groups is 2. The van der Waals surface area contributed by atoms with Gasteiger partial charge in [-0.25, -0.2) is 4.98 Å². The minimum absolute atomic E-state index is 0.0798. The zero-order valence-electron chi connectivity index (χ0n) is 17.3. The molecule has 2 amide bonds. The Hall–Kier alpha value is -1.80. The molecule has 3 aliphatic rings. The van der Waals surface area contributed by atoms with Gasteiger partial charge < -0.3 is 15.4 Å². The molecule has 30 heavy (non-hydrogen) atoms. The third kappa shape index (κ3) is 5.88. The van der Waals surface area contributed by atoms with Crippen molar-refractivity contribution in [3.8, 4) is 5.88 Å². The number of ether oxygens (including phenoxy) is 1. The number of hydrogen-bond donors (Lipinski definition) is 3. The van der Waals surface area contributed by atoms with Crippen LogP contribution in [0.15, 0.2) is 24.4 Å². The Morgan fingerprint density at radius 1 is 1.17 bits per heavy atom. The molecular weight excluding hydrogens is 400 g/mol. The minimum Gasteiger partial charge on any atom is -0.474 e. The second kappa shape index (κ2) is 10.5. The van der Waals surface area contributed by atoms with Crippen LogP contribution in [-0.2, 0) is 9.59 Å². The highest BCUT2D eigenvalue weighted by molar-refractivity contribution is 7.99. The number of pyridine rings is 1. The van der Waals surface area contributed by atoms with Gasteiger partial charge in [0.1, 0.15) is 11.6 Å². The molecule has 1 aromatic rings. The van der Waals surface area contributed by atoms with E-state index in [1.807, 2.05) is 18.2 Å². The molecule has 8 heteroatoms. The van der Waals surface area contributed by atoms with Crippen molar-refractivity contribution in [2.45, 2.75) is 81.5 Å². The van der Waals surface area contributed by atoms with Gasteiger partial charge >= 0.3 is 0 Å². The average Bonchev–Trinajstić information content (AvgIpc) is 2.76. The molecule has 2 heterocycles. The predicted molar refractivity (Wildman–Crippen MR) is 117 cm³/mol. The van der Waals surface area contributed by atoms with E-state index in [1.165, 1.54) is 6.42 Å². The second-order valence-electron chi connectivity index (χ2n) is 8.50. The average molecular weight is 433 g/mol. The Bertz CT molecular complexity index is 712. The number of aromatic nitrogens is 1. The highest BCUT2D eigenvalue weighted by Crippen LogP contribution is 2.29. The van der Waals surface area contributed by atoms with Crippen molar-refractivity contribution < 1.29 is 14.3 Å². The van der Waals surface area contributed by atoms with E-state index < -0.39 is 0 Å². The SMILES string of the molecule is O=C(CCSC1NC(=O)C2CCCCC2N1)NC1CCC(Oc2ccccn2)CC1. The Morgan fingerprint density at radius 2 is 2.00 bits per heavy atom. The third-order valence-electron chi connectivity index (χ3n) is 6.32. The number of carbonyl (C=O) groups excluding carboxylic acids is 2. The van der Waals surface area contributed by atoms with Gasteiger partial charge in [-0.2, -0.15) is 0 Å². The van der Waals surface area contributed by atoms with Crippen molar-refractivity contribution in [2.24, 2.45) is 5.92 Å². The summed E-state index contributed by atoms with van der Waals surface area (Å²) in [7, 11) is 0. The number of amides is 2. The quantitative estimate of drug-likeness (QED) is 0.613. The monoisotopic (exact) mass is 432 g/mol. The summed E-state index contributed by atoms with van der Waals surface area (Å²) >= 11 is 1.62. The van der Waals surface area contributed by atoms with Crippen molar-refractivity contribution in [1.82, 2.24) is 20.9 Å². The summed E-state index contributed by atoms with van der Waals surface area (Å²) in [6.07, 6.45) is 10.5. The standard InChI is InChI=1S/C22H32N4O3S/c27-19(12-14-30-22-25-18-6-2-1-5-17(18)21(28)26-22)24-15-8-10-16(11-9-15)29-20-7-3-4-13-23-20/h3-4,7,13,15-18,22,25H,1-2,5-6,8-12,14H2,(H,24,27)(H,26,28). The Labute approximate surface area is 182 Å². The summed E-state index contributed by atoms with van der Waals surface area (Å²) in [5.74, 6) is 1.75. The lowest BCUT2D eigenvalue weighted by molar-refractivity contribution is -0.129. The van der Waals surface area contributed by atoms with E-state index in [2.05, 4.69) is 20.9 Å². The van der Waals surface area contributed by atoms with Gasteiger partial charge in [0, 0.05) is 36.5 Å². The van der Waals surface area contributed by atoms with E-state index in [-0.39, 0.29) is 35.4 Å². The molecule has 1 aromatic heterocycles. The number of rotatable bonds is 7. The first-order chi connectivity index (χ1) is 14.7. The molecule has 2 saturated carbocycles. The van der Waals surface area contributed by atoms with Crippen LogP contribution in [0.2, 0.25) is 0 Å². The van der Waals surface area contributed by atoms with Crippen LogP contribution < -0.4 is 20.7 Å². The number of hydrogen-bond acceptors (Lipinski definition) is 6. The fraction of sp³-hybridized carbons (Fsp3) is 0.682. The lowest BCUT2D eigenvalue weighted by Gasteiger charge is -2.39. The van der Waals surface area contributed by atoms with E-state index in [1.54, 1.807) is 18.0 Å². The Balaban J connectivity index is 1.11. The maximum absolute atomic E-state index is 12.3. The molecule has 4 rings (SSSR count). The largest absolute Gasteiger partial charge is 0.474 e. The number of nitrogens with one attached hydrogen (secondary N) is 3. The lowest BCUT2D eigenvalue weighted by atomic mass is 9.83. The maximum Gasteiger partial charge on any atom is 0.226 e. The van der Waals surface area contributed by atoms with E-state index in [0.29, 0.717) is 24.1 Å². The van der Waals surface area contributed by atoms with E-state index in [0.717, 1.165) is 44.9 Å². The van der Waals surface area contributed by atoms with Gasteiger partial charge in [0.2, 0.25) is 17.7 Å². The van der Waals surface area contributed by atoms with E-state index in [4.69, 9.17) is 4.74 Å². The summed E-state index contributed by atoms with van der Waals surface area (Å²) in [6, 6.07) is 6.20. The van der Waals surface area contributed by atoms with Crippen LogP contribution in [0.5, 0.6) is 5.88 Å². The molecule has 7 nitrogen and oxygen atoms in total. The molecule has 3 fully saturated rings. The zero-order chi connectivity index (χ0) is 20.8. The third-order valence-corrected chi connectivity index (χ3v) is 7.35. The Kier molecular flexibility index (Phi) is 7.49. The summed E-state index contributed by atoms with van der Waals surface area (Å²) in [5.41, 5.74) is -0.0798. The van der Waals surface area contributed by atoms with Crippen molar-refractivity contribution in [2.75, 3.05) is 5.75 Å². The molecule has 1 saturated heterocycles. The molecule has 0 radical (unpaired) electrons. The van der Waals surface area contributed by atoms with Gasteiger partial charge in [0.05, 0.1) is 5.92 Å². The van der Waals surface area contributed by atoms with Crippen LogP contribution in [0.3, 0.4) is 0 Å². The zero-order valence-corrected chi connectivity index (χ0v) is 18.2. The van der Waals surface area contributed by atoms with Crippen molar-refractivity contribution in [3.63, 3.8) is 0 Å². The maximum atomic E-state index is 12.3. The van der Waals surface area contributed by atoms with E-state index >= 15 is 0 Å². The summed E-state index contributed by atoms with van der Waals surface area (Å²) in [5, 5.41) is 9.77. The number of thioether (sulfide) groups is 1. The summed E-state index contributed by atoms with van der Waals surface area (Å²) < 4.78 is 5.92. The fourth-order valence-corrected chi connectivity index (χ4v) is 5.70. The molecule has 0 spiro atoms. The molecule has 164 valence electrons. The van der Waals surface area contributed by atoms with Crippen LogP contribution >= 0.6 is 11.8 Å². The van der Waals surface area contributed by atoms with Crippen LogP contribution in [0.25, 0.3) is 0 Å². The number of nitrogens with zero attached hydrogens (tertiary/aromatic N) is 1. The molecule has 3 N–H and O–H groups in total. The molecular formula is C22H32N4O3S. The summed E-state index contributed by atoms with van der Waals surface area (Å²) in [6.45, 7) is 0. The van der Waals surface area contributed by atoms with Crippen LogP contribution in [-0.4, -0.2) is 46.2 Å². The van der Waals surface area contributed by atoms with Crippen LogP contribution in [0.1, 0.15) is 57.8 Å². The van der Waals surface area contributed by atoms with Gasteiger partial charge in [0.25, 0.3) is 0 Å². The van der Waals surface area contributed by atoms with Crippen molar-refractivity contribution >= 4 is 23.6 Å². The van der Waals surface area contributed by atoms with Gasteiger partial charge in [-0.15, -0.1) is 11.8 Å². The van der Waals surface area contributed by atoms with Crippen molar-refractivity contribution in [1.29, 1.82) is 0 Å². The smallest absolute Gasteiger partial charge is 0.226 e. The lowest BCUT2D eigenvalue weighted by Crippen LogP contribution is -2.60. The van der Waals surface area contributed by atoms with Crippen LogP contribution in [0.4, 0.5) is 0 Å². The topological polar surface area (TPSA) is 92.4 Å². The Morgan fingerprint density at radius 3 is 2.80 bits per heavy atom. The van der Waals surface area contributed by atoms with Gasteiger partial charge in [-0.05, 0) is 44.6 Å². The molecule has 1 aliphatic heterocycles. The first-order valence-electron chi connectivity index (χ1n) is 11.2. The number of fused-ring (bicyclic) bond motifs is 1. The minimum atomic E-state index is -0.0798. The molecule has 0 bridgehead atoms. The molecule has 3 unspecified atom stereocenters. The normalized spacial score (nSPS) is 31.3. The van der Waals surface area contributed by atoms with Crippen LogP contribution in [0, 0.1) is 5.92 Å². The van der Waals surface area contributed by atoms with Gasteiger partial charge in [-0.1, -0.05) is 18.9 Å². The van der Waals surface area contributed by atoms with Gasteiger partial charge in [-0.3, -0.25) is 14.9 Å². The fourth-order valence-electron chi connectivity index (χ4n) is 4.69. The van der Waals surface area contributed by atoms with Crippen molar-refractivity contribution in [3.05, 3.63) is 24.4 Å². The first kappa shape index (κ1) is 21.4. The highest BCUT2D eigenvalue weighted by atomic mass is 32.2. The van der Waals surface area contributed by atoms with E-state index in [9.17, 15) is 9.59 Å². The molecule has 2 aliphatic carbocycles. The first-order valence-corrected chi connectivity index (χ1v) is 12.3. The predicted octanol–water partition coefficient (Wildman–Crippen LogP) is 2.57. The second-order valence-corrected chi connectivity index (χ2v) is 9.71. The molecule has 0 aromatic carbocycles.